The van der Waals surface area contributed by atoms with Gasteiger partial charge in [0.1, 0.15) is 11.9 Å². The lowest BCUT2D eigenvalue weighted by atomic mass is 10.1. The van der Waals surface area contributed by atoms with Crippen molar-refractivity contribution in [2.45, 2.75) is 20.3 Å². The van der Waals surface area contributed by atoms with Gasteiger partial charge in [-0.3, -0.25) is 9.78 Å². The number of amides is 1. The molecule has 0 spiro atoms. The van der Waals surface area contributed by atoms with Gasteiger partial charge in [0.25, 0.3) is 5.91 Å². The van der Waals surface area contributed by atoms with Crippen LogP contribution in [0.2, 0.25) is 0 Å². The topological polar surface area (TPSA) is 60.2 Å². The van der Waals surface area contributed by atoms with Gasteiger partial charge in [-0.25, -0.2) is 4.39 Å². The van der Waals surface area contributed by atoms with Crippen molar-refractivity contribution in [2.75, 3.05) is 31.1 Å². The van der Waals surface area contributed by atoms with Gasteiger partial charge in [0.2, 0.25) is 0 Å². The van der Waals surface area contributed by atoms with Gasteiger partial charge in [0, 0.05) is 31.9 Å². The molecule has 26 heavy (non-hydrogen) atoms. The Labute approximate surface area is 152 Å². The van der Waals surface area contributed by atoms with Gasteiger partial charge in [0.15, 0.2) is 0 Å². The number of hydrogen-bond donors (Lipinski definition) is 0. The van der Waals surface area contributed by atoms with Crippen molar-refractivity contribution in [3.63, 3.8) is 0 Å². The zero-order valence-electron chi connectivity index (χ0n) is 15.0. The second kappa shape index (κ2) is 7.52. The molecule has 1 saturated heterocycles. The molecular weight excluding hydrogens is 331 g/mol. The summed E-state index contributed by atoms with van der Waals surface area (Å²) in [5, 5.41) is 9.49. The first-order valence-corrected chi connectivity index (χ1v) is 8.68. The van der Waals surface area contributed by atoms with Crippen molar-refractivity contribution in [1.82, 2.24) is 9.88 Å². The fourth-order valence-electron chi connectivity index (χ4n) is 3.36. The lowest BCUT2D eigenvalue weighted by Crippen LogP contribution is -2.35. The summed E-state index contributed by atoms with van der Waals surface area (Å²) in [6, 6.07) is 10.2. The van der Waals surface area contributed by atoms with E-state index in [1.54, 1.807) is 17.0 Å². The largest absolute Gasteiger partial charge is 0.369 e. The molecule has 0 unspecified atom stereocenters. The van der Waals surface area contributed by atoms with Crippen molar-refractivity contribution in [1.29, 1.82) is 5.26 Å². The number of aryl methyl sites for hydroxylation is 2. The fraction of sp³-hybridized carbons (Fsp3) is 0.350. The number of nitrogens with zero attached hydrogens (tertiary/aromatic N) is 4. The molecule has 0 atom stereocenters. The Hall–Kier alpha value is -2.94. The number of hydrogen-bond acceptors (Lipinski definition) is 4. The quantitative estimate of drug-likeness (QED) is 0.833. The molecule has 0 saturated carbocycles. The van der Waals surface area contributed by atoms with Crippen molar-refractivity contribution < 1.29 is 9.18 Å². The van der Waals surface area contributed by atoms with Gasteiger partial charge in [0.05, 0.1) is 22.5 Å². The molecule has 6 heteroatoms. The first-order chi connectivity index (χ1) is 12.5. The smallest absolute Gasteiger partial charge is 0.256 e. The van der Waals surface area contributed by atoms with Crippen molar-refractivity contribution in [3.05, 3.63) is 58.7 Å². The molecule has 3 rings (SSSR count). The van der Waals surface area contributed by atoms with Crippen molar-refractivity contribution >= 4 is 11.6 Å². The standard InChI is InChI=1S/C20H21FN4O/c1-14-12-19(17(13-22)15(2)23-14)24-8-5-9-25(11-10-24)20(26)16-6-3-4-7-18(16)21/h3-4,6-7,12H,5,8-11H2,1-2H3. The van der Waals surface area contributed by atoms with Crippen LogP contribution in [0.25, 0.3) is 0 Å². The molecule has 134 valence electrons. The number of carbonyl (C=O) groups is 1. The molecule has 1 aromatic heterocycles. The summed E-state index contributed by atoms with van der Waals surface area (Å²) in [5.74, 6) is -0.779. The number of pyridine rings is 1. The van der Waals surface area contributed by atoms with E-state index in [1.807, 2.05) is 19.9 Å². The maximum Gasteiger partial charge on any atom is 0.256 e. The van der Waals surface area contributed by atoms with E-state index in [0.29, 0.717) is 30.9 Å². The minimum atomic E-state index is -0.495. The van der Waals surface area contributed by atoms with Crippen LogP contribution in [0, 0.1) is 31.0 Å². The average molecular weight is 352 g/mol. The zero-order valence-corrected chi connectivity index (χ0v) is 15.0. The van der Waals surface area contributed by atoms with E-state index in [9.17, 15) is 14.4 Å². The summed E-state index contributed by atoms with van der Waals surface area (Å²) in [4.78, 5) is 20.8. The first-order valence-electron chi connectivity index (χ1n) is 8.68. The highest BCUT2D eigenvalue weighted by Crippen LogP contribution is 2.25. The van der Waals surface area contributed by atoms with Gasteiger partial charge < -0.3 is 9.80 Å². The number of nitriles is 1. The molecule has 1 aliphatic heterocycles. The summed E-state index contributed by atoms with van der Waals surface area (Å²) in [5.41, 5.74) is 3.11. The maximum atomic E-state index is 13.9. The van der Waals surface area contributed by atoms with Crippen LogP contribution in [-0.2, 0) is 0 Å². The number of benzene rings is 1. The van der Waals surface area contributed by atoms with Gasteiger partial charge in [-0.15, -0.1) is 0 Å². The Kier molecular flexibility index (Phi) is 5.17. The lowest BCUT2D eigenvalue weighted by Gasteiger charge is -2.25. The van der Waals surface area contributed by atoms with Crippen LogP contribution >= 0.6 is 0 Å². The van der Waals surface area contributed by atoms with Gasteiger partial charge in [-0.05, 0) is 38.5 Å². The van der Waals surface area contributed by atoms with Gasteiger partial charge in [-0.2, -0.15) is 5.26 Å². The number of aromatic nitrogens is 1. The van der Waals surface area contributed by atoms with E-state index in [4.69, 9.17) is 0 Å². The summed E-state index contributed by atoms with van der Waals surface area (Å²) < 4.78 is 13.9. The van der Waals surface area contributed by atoms with E-state index in [-0.39, 0.29) is 11.5 Å². The molecule has 2 heterocycles. The first kappa shape index (κ1) is 17.9. The van der Waals surface area contributed by atoms with Crippen molar-refractivity contribution in [3.8, 4) is 6.07 Å². The normalized spacial score (nSPS) is 14.7. The van der Waals surface area contributed by atoms with Crippen LogP contribution in [0.5, 0.6) is 0 Å². The third-order valence-corrected chi connectivity index (χ3v) is 4.65. The summed E-state index contributed by atoms with van der Waals surface area (Å²) in [6.45, 7) is 6.12. The van der Waals surface area contributed by atoms with E-state index in [2.05, 4.69) is 16.0 Å². The van der Waals surface area contributed by atoms with E-state index < -0.39 is 5.82 Å². The summed E-state index contributed by atoms with van der Waals surface area (Å²) >= 11 is 0. The molecule has 0 bridgehead atoms. The minimum absolute atomic E-state index is 0.106. The zero-order chi connectivity index (χ0) is 18.7. The SMILES string of the molecule is Cc1cc(N2CCCN(C(=O)c3ccccc3F)CC2)c(C#N)c(C)n1. The second-order valence-corrected chi connectivity index (χ2v) is 6.47. The van der Waals surface area contributed by atoms with Gasteiger partial charge in [-0.1, -0.05) is 12.1 Å². The van der Waals surface area contributed by atoms with Crippen LogP contribution < -0.4 is 4.90 Å². The van der Waals surface area contributed by atoms with Crippen LogP contribution in [0.1, 0.15) is 33.7 Å². The highest BCUT2D eigenvalue weighted by Gasteiger charge is 2.24. The lowest BCUT2D eigenvalue weighted by molar-refractivity contribution is 0.0762. The summed E-state index contributed by atoms with van der Waals surface area (Å²) in [6.07, 6.45) is 0.755. The van der Waals surface area contributed by atoms with Crippen LogP contribution in [0.4, 0.5) is 10.1 Å². The Balaban J connectivity index is 1.81. The Morgan fingerprint density at radius 2 is 1.96 bits per heavy atom. The molecular formula is C20H21FN4O. The molecule has 1 aromatic carbocycles. The third kappa shape index (κ3) is 3.52. The number of carbonyl (C=O) groups excluding carboxylic acids is 1. The highest BCUT2D eigenvalue weighted by atomic mass is 19.1. The van der Waals surface area contributed by atoms with Crippen LogP contribution in [0.3, 0.4) is 0 Å². The van der Waals surface area contributed by atoms with E-state index >= 15 is 0 Å². The minimum Gasteiger partial charge on any atom is -0.369 e. The van der Waals surface area contributed by atoms with E-state index in [1.165, 1.54) is 12.1 Å². The fourth-order valence-corrected chi connectivity index (χ4v) is 3.36. The Morgan fingerprint density at radius 3 is 2.69 bits per heavy atom. The molecule has 0 N–H and O–H groups in total. The van der Waals surface area contributed by atoms with Gasteiger partial charge >= 0.3 is 0 Å². The monoisotopic (exact) mass is 352 g/mol. The number of rotatable bonds is 2. The highest BCUT2D eigenvalue weighted by molar-refractivity contribution is 5.94. The Morgan fingerprint density at radius 1 is 1.19 bits per heavy atom. The van der Waals surface area contributed by atoms with Crippen molar-refractivity contribution in [2.24, 2.45) is 0 Å². The molecule has 2 aromatic rings. The molecule has 1 amide bonds. The maximum absolute atomic E-state index is 13.9. The van der Waals surface area contributed by atoms with E-state index in [0.717, 1.165) is 24.3 Å². The third-order valence-electron chi connectivity index (χ3n) is 4.65. The number of halogens is 1. The summed E-state index contributed by atoms with van der Waals surface area (Å²) in [7, 11) is 0. The second-order valence-electron chi connectivity index (χ2n) is 6.47. The predicted molar refractivity (Wildman–Crippen MR) is 97.6 cm³/mol. The van der Waals surface area contributed by atoms with Crippen LogP contribution in [-0.4, -0.2) is 42.0 Å². The Bertz CT molecular complexity index is 875. The molecule has 0 radical (unpaired) electrons. The molecule has 0 aliphatic carbocycles. The number of anilines is 1. The molecule has 1 aliphatic rings. The molecule has 1 fully saturated rings. The predicted octanol–water partition coefficient (Wildman–Crippen LogP) is 3.06. The van der Waals surface area contributed by atoms with Crippen LogP contribution in [0.15, 0.2) is 30.3 Å². The molecule has 5 nitrogen and oxygen atoms in total. The average Bonchev–Trinajstić information content (AvgIpc) is 2.87.